The standard InChI is InChI=1S/C16H23N3O2/c1-3-5-6-9-18-10-7-15(8-11-18)19-13-14(12-17-19)16(20)21-4-2/h1,12-13,15H,4-11H2,2H3. The Hall–Kier alpha value is -1.80. The number of carbonyl (C=O) groups excluding carboxylic acids is 1. The van der Waals surface area contributed by atoms with Gasteiger partial charge in [-0.05, 0) is 32.7 Å². The molecule has 0 unspecified atom stereocenters. The molecule has 1 aliphatic heterocycles. The lowest BCUT2D eigenvalue weighted by molar-refractivity contribution is 0.0526. The van der Waals surface area contributed by atoms with Crippen LogP contribution in [0.15, 0.2) is 12.4 Å². The Morgan fingerprint density at radius 1 is 1.52 bits per heavy atom. The van der Waals surface area contributed by atoms with Crippen LogP contribution in [-0.2, 0) is 4.74 Å². The van der Waals surface area contributed by atoms with Crippen LogP contribution < -0.4 is 0 Å². The minimum atomic E-state index is -0.296. The van der Waals surface area contributed by atoms with Crippen LogP contribution >= 0.6 is 0 Å². The van der Waals surface area contributed by atoms with E-state index in [-0.39, 0.29) is 5.97 Å². The van der Waals surface area contributed by atoms with E-state index in [0.717, 1.165) is 45.3 Å². The number of carbonyl (C=O) groups is 1. The van der Waals surface area contributed by atoms with Crippen molar-refractivity contribution in [2.24, 2.45) is 0 Å². The molecule has 2 rings (SSSR count). The topological polar surface area (TPSA) is 47.4 Å². The molecule has 1 saturated heterocycles. The molecule has 0 saturated carbocycles. The van der Waals surface area contributed by atoms with Crippen molar-refractivity contribution in [3.63, 3.8) is 0 Å². The van der Waals surface area contributed by atoms with Gasteiger partial charge in [-0.1, -0.05) is 0 Å². The van der Waals surface area contributed by atoms with Crippen molar-refractivity contribution in [1.82, 2.24) is 14.7 Å². The molecule has 21 heavy (non-hydrogen) atoms. The van der Waals surface area contributed by atoms with Gasteiger partial charge in [0.2, 0.25) is 0 Å². The highest BCUT2D eigenvalue weighted by molar-refractivity contribution is 5.88. The van der Waals surface area contributed by atoms with Gasteiger partial charge in [0.15, 0.2) is 0 Å². The Labute approximate surface area is 126 Å². The molecule has 1 aromatic heterocycles. The van der Waals surface area contributed by atoms with Gasteiger partial charge in [0.05, 0.1) is 24.4 Å². The van der Waals surface area contributed by atoms with Crippen LogP contribution in [0.25, 0.3) is 0 Å². The van der Waals surface area contributed by atoms with E-state index in [9.17, 15) is 4.79 Å². The van der Waals surface area contributed by atoms with Crippen LogP contribution in [0, 0.1) is 12.3 Å². The molecule has 2 heterocycles. The number of hydrogen-bond acceptors (Lipinski definition) is 4. The molecule has 1 aromatic rings. The van der Waals surface area contributed by atoms with Crippen molar-refractivity contribution < 1.29 is 9.53 Å². The first-order chi connectivity index (χ1) is 10.2. The van der Waals surface area contributed by atoms with Crippen molar-refractivity contribution in [2.75, 3.05) is 26.2 Å². The molecule has 1 aliphatic rings. The van der Waals surface area contributed by atoms with E-state index >= 15 is 0 Å². The first kappa shape index (κ1) is 15.6. The van der Waals surface area contributed by atoms with Gasteiger partial charge in [0, 0.05) is 25.7 Å². The van der Waals surface area contributed by atoms with E-state index in [2.05, 4.69) is 15.9 Å². The number of unbranched alkanes of at least 4 members (excludes halogenated alkanes) is 1. The third kappa shape index (κ3) is 4.33. The second kappa shape index (κ2) is 7.84. The lowest BCUT2D eigenvalue weighted by Gasteiger charge is -2.31. The maximum absolute atomic E-state index is 11.6. The predicted octanol–water partition coefficient (Wildman–Crippen LogP) is 2.11. The van der Waals surface area contributed by atoms with Gasteiger partial charge in [0.25, 0.3) is 0 Å². The fraction of sp³-hybridized carbons (Fsp3) is 0.625. The summed E-state index contributed by atoms with van der Waals surface area (Å²) in [7, 11) is 0. The van der Waals surface area contributed by atoms with Crippen molar-refractivity contribution in [1.29, 1.82) is 0 Å². The van der Waals surface area contributed by atoms with Crippen LogP contribution in [0.3, 0.4) is 0 Å². The summed E-state index contributed by atoms with van der Waals surface area (Å²) in [6.45, 7) is 5.38. The highest BCUT2D eigenvalue weighted by Crippen LogP contribution is 2.22. The number of piperidine rings is 1. The summed E-state index contributed by atoms with van der Waals surface area (Å²) in [5.41, 5.74) is 0.535. The fourth-order valence-corrected chi connectivity index (χ4v) is 2.67. The average molecular weight is 289 g/mol. The van der Waals surface area contributed by atoms with Crippen LogP contribution in [0.5, 0.6) is 0 Å². The number of aromatic nitrogens is 2. The lowest BCUT2D eigenvalue weighted by Crippen LogP contribution is -2.35. The summed E-state index contributed by atoms with van der Waals surface area (Å²) in [6, 6.07) is 0.372. The maximum atomic E-state index is 11.6. The quantitative estimate of drug-likeness (QED) is 0.457. The minimum Gasteiger partial charge on any atom is -0.462 e. The van der Waals surface area contributed by atoms with Crippen molar-refractivity contribution in [3.8, 4) is 12.3 Å². The molecular formula is C16H23N3O2. The Balaban J connectivity index is 1.82. The molecule has 5 nitrogen and oxygen atoms in total. The number of ether oxygens (including phenoxy) is 1. The van der Waals surface area contributed by atoms with Crippen LogP contribution in [0.2, 0.25) is 0 Å². The molecule has 0 spiro atoms. The maximum Gasteiger partial charge on any atom is 0.341 e. The second-order valence-corrected chi connectivity index (χ2v) is 5.31. The number of hydrogen-bond donors (Lipinski definition) is 0. The Kier molecular flexibility index (Phi) is 5.82. The summed E-state index contributed by atoms with van der Waals surface area (Å²) in [5.74, 6) is 2.39. The second-order valence-electron chi connectivity index (χ2n) is 5.31. The molecular weight excluding hydrogens is 266 g/mol. The number of terminal acetylenes is 1. The third-order valence-corrected chi connectivity index (χ3v) is 3.84. The molecule has 0 radical (unpaired) electrons. The highest BCUT2D eigenvalue weighted by Gasteiger charge is 2.21. The summed E-state index contributed by atoms with van der Waals surface area (Å²) in [6.07, 6.45) is 12.7. The Bertz CT molecular complexity index is 496. The van der Waals surface area contributed by atoms with Crippen molar-refractivity contribution in [3.05, 3.63) is 18.0 Å². The third-order valence-electron chi connectivity index (χ3n) is 3.84. The van der Waals surface area contributed by atoms with Crippen LogP contribution in [0.1, 0.15) is 49.0 Å². The van der Waals surface area contributed by atoms with Gasteiger partial charge >= 0.3 is 5.97 Å². The van der Waals surface area contributed by atoms with Crippen LogP contribution in [0.4, 0.5) is 0 Å². The van der Waals surface area contributed by atoms with Gasteiger partial charge in [-0.25, -0.2) is 4.79 Å². The minimum absolute atomic E-state index is 0.296. The van der Waals surface area contributed by atoms with Gasteiger partial charge in [-0.15, -0.1) is 12.3 Å². The van der Waals surface area contributed by atoms with E-state index in [0.29, 0.717) is 18.2 Å². The number of nitrogens with zero attached hydrogens (tertiary/aromatic N) is 3. The molecule has 0 N–H and O–H groups in total. The monoisotopic (exact) mass is 289 g/mol. The fourth-order valence-electron chi connectivity index (χ4n) is 2.67. The summed E-state index contributed by atoms with van der Waals surface area (Å²) in [4.78, 5) is 14.1. The lowest BCUT2D eigenvalue weighted by atomic mass is 10.0. The number of rotatable bonds is 6. The molecule has 0 aliphatic carbocycles. The molecule has 5 heteroatoms. The zero-order valence-corrected chi connectivity index (χ0v) is 12.6. The number of esters is 1. The molecule has 0 amide bonds. The van der Waals surface area contributed by atoms with Crippen molar-refractivity contribution >= 4 is 5.97 Å². The summed E-state index contributed by atoms with van der Waals surface area (Å²) in [5, 5.41) is 4.31. The first-order valence-electron chi connectivity index (χ1n) is 7.61. The summed E-state index contributed by atoms with van der Waals surface area (Å²) >= 11 is 0. The van der Waals surface area contributed by atoms with E-state index in [1.165, 1.54) is 0 Å². The van der Waals surface area contributed by atoms with E-state index in [4.69, 9.17) is 11.2 Å². The molecule has 0 bridgehead atoms. The predicted molar refractivity (Wildman–Crippen MR) is 81.0 cm³/mol. The number of likely N-dealkylation sites (tertiary alicyclic amines) is 1. The van der Waals surface area contributed by atoms with E-state index < -0.39 is 0 Å². The smallest absolute Gasteiger partial charge is 0.341 e. The zero-order chi connectivity index (χ0) is 15.1. The van der Waals surface area contributed by atoms with E-state index in [1.807, 2.05) is 4.68 Å². The van der Waals surface area contributed by atoms with Crippen LogP contribution in [-0.4, -0.2) is 46.9 Å². The summed E-state index contributed by atoms with van der Waals surface area (Å²) < 4.78 is 6.89. The largest absolute Gasteiger partial charge is 0.462 e. The zero-order valence-electron chi connectivity index (χ0n) is 12.6. The molecule has 0 aromatic carbocycles. The first-order valence-corrected chi connectivity index (χ1v) is 7.61. The molecule has 1 fully saturated rings. The van der Waals surface area contributed by atoms with E-state index in [1.54, 1.807) is 19.3 Å². The molecule has 114 valence electrons. The van der Waals surface area contributed by atoms with Crippen molar-refractivity contribution in [2.45, 2.75) is 38.6 Å². The average Bonchev–Trinajstić information content (AvgIpc) is 2.98. The normalized spacial score (nSPS) is 16.6. The highest BCUT2D eigenvalue weighted by atomic mass is 16.5. The van der Waals surface area contributed by atoms with Gasteiger partial charge in [-0.3, -0.25) is 4.68 Å². The Morgan fingerprint density at radius 3 is 2.95 bits per heavy atom. The SMILES string of the molecule is C#CCCCN1CCC(n2cc(C(=O)OCC)cn2)CC1. The Morgan fingerprint density at radius 2 is 2.29 bits per heavy atom. The van der Waals surface area contributed by atoms with Gasteiger partial charge in [-0.2, -0.15) is 5.10 Å². The van der Waals surface area contributed by atoms with Gasteiger partial charge in [0.1, 0.15) is 0 Å². The van der Waals surface area contributed by atoms with Gasteiger partial charge < -0.3 is 9.64 Å². The molecule has 0 atom stereocenters.